The van der Waals surface area contributed by atoms with Crippen LogP contribution in [0.4, 0.5) is 51.8 Å². The smallest absolute Gasteiger partial charge is 0.418 e. The highest BCUT2D eigenvalue weighted by molar-refractivity contribution is 6.50. The summed E-state index contributed by atoms with van der Waals surface area (Å²) in [6, 6.07) is 0. The summed E-state index contributed by atoms with van der Waals surface area (Å²) < 4.78 is 123. The monoisotopic (exact) mass is 469 g/mol. The van der Waals surface area contributed by atoms with E-state index in [2.05, 4.69) is 20.8 Å². The van der Waals surface area contributed by atoms with Gasteiger partial charge in [-0.1, -0.05) is 0 Å². The highest BCUT2D eigenvalue weighted by Crippen LogP contribution is 2.30. The van der Waals surface area contributed by atoms with Gasteiger partial charge in [0, 0.05) is 20.0 Å². The van der Waals surface area contributed by atoms with Crippen molar-refractivity contribution in [1.82, 2.24) is 0 Å². The highest BCUT2D eigenvalue weighted by Gasteiger charge is 2.42. The van der Waals surface area contributed by atoms with Crippen molar-refractivity contribution in [2.75, 3.05) is 26.9 Å². The van der Waals surface area contributed by atoms with Gasteiger partial charge in [0.25, 0.3) is 0 Å². The van der Waals surface area contributed by atoms with Crippen LogP contribution in [-0.4, -0.2) is 58.7 Å². The first-order valence-corrected chi connectivity index (χ1v) is 7.49. The lowest BCUT2D eigenvalue weighted by molar-refractivity contribution is -0.976. The molecule has 0 N–H and O–H groups in total. The standard InChI is InChI=1S/C10H22NO.3BF4.ClH/c1-10(2,3)11(9-12-4)7-5-6-8-11;3*2-1(3,4)5;/h5-9H2,1-4H3;;;;1H/q+1;3*-1;. The summed E-state index contributed by atoms with van der Waals surface area (Å²) in [4.78, 5) is 0. The van der Waals surface area contributed by atoms with E-state index in [1.807, 2.05) is 7.11 Å². The molecular formula is C10H23B3ClF12NO-2. The minimum absolute atomic E-state index is 0. The minimum Gasteiger partial charge on any atom is -0.418 e. The molecule has 28 heavy (non-hydrogen) atoms. The zero-order chi connectivity index (χ0) is 22.7. The number of ether oxygens (including phenoxy) is 1. The molecule has 2 nitrogen and oxygen atoms in total. The first-order valence-electron chi connectivity index (χ1n) is 7.49. The molecule has 0 spiro atoms. The molecule has 0 aromatic rings. The summed E-state index contributed by atoms with van der Waals surface area (Å²) in [6.07, 6.45) is 2.72. The van der Waals surface area contributed by atoms with Gasteiger partial charge >= 0.3 is 21.8 Å². The molecule has 0 atom stereocenters. The maximum Gasteiger partial charge on any atom is 0.673 e. The molecule has 1 fully saturated rings. The van der Waals surface area contributed by atoms with Crippen molar-refractivity contribution in [3.8, 4) is 0 Å². The van der Waals surface area contributed by atoms with Crippen molar-refractivity contribution >= 4 is 34.2 Å². The van der Waals surface area contributed by atoms with Crippen LogP contribution in [0, 0.1) is 0 Å². The van der Waals surface area contributed by atoms with Crippen molar-refractivity contribution in [3.05, 3.63) is 0 Å². The molecule has 176 valence electrons. The van der Waals surface area contributed by atoms with E-state index in [-0.39, 0.29) is 12.4 Å². The number of hydrogen-bond donors (Lipinski definition) is 0. The minimum atomic E-state index is -6.00. The predicted octanol–water partition coefficient (Wildman–Crippen LogP) is 6.32. The molecule has 1 rings (SSSR count). The summed E-state index contributed by atoms with van der Waals surface area (Å²) >= 11 is 0. The molecule has 1 aliphatic heterocycles. The predicted molar refractivity (Wildman–Crippen MR) is 88.7 cm³/mol. The van der Waals surface area contributed by atoms with Gasteiger partial charge in [-0.3, -0.25) is 4.48 Å². The van der Waals surface area contributed by atoms with Crippen molar-refractivity contribution in [2.45, 2.75) is 39.2 Å². The molecule has 1 saturated heterocycles. The molecule has 0 aromatic carbocycles. The fourth-order valence-corrected chi connectivity index (χ4v) is 2.18. The Morgan fingerprint density at radius 3 is 1.04 bits per heavy atom. The fourth-order valence-electron chi connectivity index (χ4n) is 2.18. The fraction of sp³-hybridized carbons (Fsp3) is 1.00. The van der Waals surface area contributed by atoms with Crippen molar-refractivity contribution < 1.29 is 61.0 Å². The second kappa shape index (κ2) is 13.7. The lowest BCUT2D eigenvalue weighted by Crippen LogP contribution is -2.59. The van der Waals surface area contributed by atoms with E-state index in [0.29, 0.717) is 5.54 Å². The van der Waals surface area contributed by atoms with Crippen molar-refractivity contribution in [3.63, 3.8) is 0 Å². The first-order chi connectivity index (χ1) is 11.5. The lowest BCUT2D eigenvalue weighted by Gasteiger charge is -2.44. The van der Waals surface area contributed by atoms with Crippen LogP contribution in [0.5, 0.6) is 0 Å². The van der Waals surface area contributed by atoms with Crippen LogP contribution >= 0.6 is 12.4 Å². The molecule has 0 unspecified atom stereocenters. The third kappa shape index (κ3) is 33.2. The van der Waals surface area contributed by atoms with Crippen LogP contribution in [0.2, 0.25) is 0 Å². The Morgan fingerprint density at radius 1 is 0.679 bits per heavy atom. The van der Waals surface area contributed by atoms with Gasteiger partial charge in [-0.25, -0.2) is 0 Å². The third-order valence-corrected chi connectivity index (χ3v) is 3.22. The van der Waals surface area contributed by atoms with E-state index >= 15 is 0 Å². The molecule has 18 heteroatoms. The van der Waals surface area contributed by atoms with Gasteiger partial charge < -0.3 is 56.5 Å². The van der Waals surface area contributed by atoms with Crippen LogP contribution in [0.1, 0.15) is 33.6 Å². The number of rotatable bonds is 2. The molecule has 0 aromatic heterocycles. The summed E-state index contributed by atoms with van der Waals surface area (Å²) in [7, 11) is -16.2. The van der Waals surface area contributed by atoms with E-state index in [9.17, 15) is 51.8 Å². The Kier molecular flexibility index (Phi) is 17.2. The quantitative estimate of drug-likeness (QED) is 0.261. The second-order valence-corrected chi connectivity index (χ2v) is 6.37. The van der Waals surface area contributed by atoms with E-state index in [1.165, 1.54) is 25.9 Å². The normalized spacial score (nSPS) is 16.3. The average Bonchev–Trinajstić information content (AvgIpc) is 2.71. The maximum absolute atomic E-state index is 9.75. The van der Waals surface area contributed by atoms with Gasteiger partial charge in [0.1, 0.15) is 0 Å². The summed E-state index contributed by atoms with van der Waals surface area (Å²) in [5.41, 5.74) is 0.340. The van der Waals surface area contributed by atoms with Crippen molar-refractivity contribution in [2.24, 2.45) is 0 Å². The number of hydrogen-bond acceptors (Lipinski definition) is 1. The second-order valence-electron chi connectivity index (χ2n) is 6.37. The van der Waals surface area contributed by atoms with Gasteiger partial charge in [-0.15, -0.1) is 12.4 Å². The van der Waals surface area contributed by atoms with E-state index in [4.69, 9.17) is 4.74 Å². The molecule has 1 aliphatic rings. The van der Waals surface area contributed by atoms with Crippen LogP contribution in [0.3, 0.4) is 0 Å². The van der Waals surface area contributed by atoms with E-state index < -0.39 is 21.8 Å². The molecule has 0 aliphatic carbocycles. The summed E-state index contributed by atoms with van der Waals surface area (Å²) in [6.45, 7) is 10.4. The zero-order valence-electron chi connectivity index (χ0n) is 15.6. The van der Waals surface area contributed by atoms with Gasteiger partial charge in [0.15, 0.2) is 6.73 Å². The maximum atomic E-state index is 9.75. The summed E-state index contributed by atoms with van der Waals surface area (Å²) in [5, 5.41) is 0. The van der Waals surface area contributed by atoms with Crippen LogP contribution < -0.4 is 0 Å². The Morgan fingerprint density at radius 2 is 0.893 bits per heavy atom. The highest BCUT2D eigenvalue weighted by atomic mass is 35.5. The Bertz CT molecular complexity index is 333. The first kappa shape index (κ1) is 35.0. The molecule has 0 radical (unpaired) electrons. The molecule has 0 saturated carbocycles. The third-order valence-electron chi connectivity index (χ3n) is 3.22. The Labute approximate surface area is 162 Å². The zero-order valence-corrected chi connectivity index (χ0v) is 16.4. The molecule has 0 amide bonds. The van der Waals surface area contributed by atoms with Crippen molar-refractivity contribution in [1.29, 1.82) is 0 Å². The number of quaternary nitrogens is 1. The van der Waals surface area contributed by atoms with Crippen LogP contribution in [0.25, 0.3) is 0 Å². The van der Waals surface area contributed by atoms with Gasteiger partial charge in [-0.05, 0) is 20.8 Å². The number of likely N-dealkylation sites (tertiary alicyclic amines) is 1. The Hall–Kier alpha value is -0.435. The topological polar surface area (TPSA) is 9.23 Å². The van der Waals surface area contributed by atoms with Crippen LogP contribution in [0.15, 0.2) is 0 Å². The van der Waals surface area contributed by atoms with Gasteiger partial charge in [-0.2, -0.15) is 0 Å². The van der Waals surface area contributed by atoms with Gasteiger partial charge in [0.2, 0.25) is 0 Å². The summed E-state index contributed by atoms with van der Waals surface area (Å²) in [5.74, 6) is 0. The SMILES string of the molecule is COC[N+]1(C(C)(C)C)CCCC1.Cl.F[B-](F)(F)F.F[B-](F)(F)F.F[B-](F)(F)F. The van der Waals surface area contributed by atoms with E-state index in [1.54, 1.807) is 0 Å². The Balaban J connectivity index is -0.000000153. The molecular weight excluding hydrogens is 446 g/mol. The average molecular weight is 469 g/mol. The molecule has 1 heterocycles. The molecule has 0 bridgehead atoms. The number of halogens is 13. The largest absolute Gasteiger partial charge is 0.673 e. The van der Waals surface area contributed by atoms with E-state index in [0.717, 1.165) is 11.2 Å². The lowest BCUT2D eigenvalue weighted by atomic mass is 10.0. The van der Waals surface area contributed by atoms with Crippen LogP contribution in [-0.2, 0) is 4.74 Å². The van der Waals surface area contributed by atoms with Gasteiger partial charge in [0.05, 0.1) is 18.6 Å². The number of nitrogens with zero attached hydrogens (tertiary/aromatic N) is 1. The number of methoxy groups -OCH3 is 1.